The molecule has 0 unspecified atom stereocenters. The van der Waals surface area contributed by atoms with Crippen molar-refractivity contribution in [2.24, 2.45) is 5.73 Å². The molecule has 4 heteroatoms. The number of thioether (sulfide) groups is 1. The minimum absolute atomic E-state index is 0.0545. The lowest BCUT2D eigenvalue weighted by atomic mass is 10.0. The highest BCUT2D eigenvalue weighted by molar-refractivity contribution is 7.99. The van der Waals surface area contributed by atoms with E-state index in [4.69, 9.17) is 5.73 Å². The third-order valence-electron chi connectivity index (χ3n) is 2.80. The van der Waals surface area contributed by atoms with Crippen LogP contribution in [0.5, 0.6) is 0 Å². The molecule has 0 atom stereocenters. The molecule has 0 fully saturated rings. The lowest BCUT2D eigenvalue weighted by molar-refractivity contribution is -0.120. The summed E-state index contributed by atoms with van der Waals surface area (Å²) in [5.41, 5.74) is 7.84. The first-order valence-electron chi connectivity index (χ1n) is 6.01. The summed E-state index contributed by atoms with van der Waals surface area (Å²) in [6.07, 6.45) is 2.83. The summed E-state index contributed by atoms with van der Waals surface area (Å²) in [5, 5.41) is 2.79. The zero-order chi connectivity index (χ0) is 12.1. The monoisotopic (exact) mass is 250 g/mol. The standard InChI is InChI=1S/C13H18N2OS/c14-5-6-15-13(16)9-10-3-4-12-11(8-10)2-1-7-17-12/h3-4,8H,1-2,5-7,9,14H2,(H,15,16). The summed E-state index contributed by atoms with van der Waals surface area (Å²) in [4.78, 5) is 12.9. The van der Waals surface area contributed by atoms with Crippen molar-refractivity contribution in [3.05, 3.63) is 29.3 Å². The van der Waals surface area contributed by atoms with Crippen LogP contribution < -0.4 is 11.1 Å². The predicted octanol–water partition coefficient (Wildman–Crippen LogP) is 1.34. The van der Waals surface area contributed by atoms with Crippen LogP contribution in [-0.4, -0.2) is 24.7 Å². The Morgan fingerprint density at radius 2 is 2.35 bits per heavy atom. The van der Waals surface area contributed by atoms with Crippen molar-refractivity contribution < 1.29 is 4.79 Å². The summed E-state index contributed by atoms with van der Waals surface area (Å²) in [5.74, 6) is 1.27. The maximum atomic E-state index is 11.6. The molecule has 0 saturated carbocycles. The largest absolute Gasteiger partial charge is 0.355 e. The number of nitrogens with two attached hydrogens (primary N) is 1. The van der Waals surface area contributed by atoms with Gasteiger partial charge in [0, 0.05) is 18.0 Å². The van der Waals surface area contributed by atoms with Crippen molar-refractivity contribution in [3.8, 4) is 0 Å². The first kappa shape index (κ1) is 12.5. The van der Waals surface area contributed by atoms with Crippen LogP contribution in [0.3, 0.4) is 0 Å². The number of nitrogens with one attached hydrogen (secondary N) is 1. The first-order valence-corrected chi connectivity index (χ1v) is 6.99. The topological polar surface area (TPSA) is 55.1 Å². The fourth-order valence-corrected chi connectivity index (χ4v) is 3.00. The summed E-state index contributed by atoms with van der Waals surface area (Å²) < 4.78 is 0. The van der Waals surface area contributed by atoms with E-state index in [1.165, 1.54) is 22.6 Å². The Morgan fingerprint density at radius 3 is 3.18 bits per heavy atom. The molecule has 17 heavy (non-hydrogen) atoms. The number of amides is 1. The van der Waals surface area contributed by atoms with Crippen molar-refractivity contribution in [1.29, 1.82) is 0 Å². The summed E-state index contributed by atoms with van der Waals surface area (Å²) in [7, 11) is 0. The average molecular weight is 250 g/mol. The molecule has 1 aromatic rings. The number of carbonyl (C=O) groups is 1. The van der Waals surface area contributed by atoms with Gasteiger partial charge in [-0.2, -0.15) is 0 Å². The zero-order valence-electron chi connectivity index (χ0n) is 9.87. The maximum Gasteiger partial charge on any atom is 0.224 e. The summed E-state index contributed by atoms with van der Waals surface area (Å²) in [6, 6.07) is 6.37. The molecule has 0 radical (unpaired) electrons. The third-order valence-corrected chi connectivity index (χ3v) is 4.01. The quantitative estimate of drug-likeness (QED) is 0.848. The molecule has 92 valence electrons. The molecule has 0 bridgehead atoms. The van der Waals surface area contributed by atoms with E-state index in [2.05, 4.69) is 23.5 Å². The molecule has 0 spiro atoms. The number of hydrogen-bond acceptors (Lipinski definition) is 3. The molecule has 0 aromatic heterocycles. The van der Waals surface area contributed by atoms with Crippen molar-refractivity contribution in [1.82, 2.24) is 5.32 Å². The van der Waals surface area contributed by atoms with Gasteiger partial charge >= 0.3 is 0 Å². The van der Waals surface area contributed by atoms with Gasteiger partial charge in [0.1, 0.15) is 0 Å². The fraction of sp³-hybridized carbons (Fsp3) is 0.462. The fourth-order valence-electron chi connectivity index (χ4n) is 1.98. The molecule has 3 N–H and O–H groups in total. The number of hydrogen-bond donors (Lipinski definition) is 2. The van der Waals surface area contributed by atoms with E-state index in [1.807, 2.05) is 11.8 Å². The summed E-state index contributed by atoms with van der Waals surface area (Å²) >= 11 is 1.91. The molecule has 1 heterocycles. The van der Waals surface area contributed by atoms with Crippen LogP contribution in [0, 0.1) is 0 Å². The van der Waals surface area contributed by atoms with Crippen LogP contribution in [0.1, 0.15) is 17.5 Å². The lowest BCUT2D eigenvalue weighted by Crippen LogP contribution is -2.30. The van der Waals surface area contributed by atoms with E-state index >= 15 is 0 Å². The highest BCUT2D eigenvalue weighted by Gasteiger charge is 2.11. The van der Waals surface area contributed by atoms with E-state index in [0.717, 1.165) is 12.0 Å². The average Bonchev–Trinajstić information content (AvgIpc) is 2.36. The van der Waals surface area contributed by atoms with Gasteiger partial charge in [-0.3, -0.25) is 4.79 Å². The predicted molar refractivity (Wildman–Crippen MR) is 71.3 cm³/mol. The highest BCUT2D eigenvalue weighted by atomic mass is 32.2. The maximum absolute atomic E-state index is 11.6. The Hall–Kier alpha value is -1.00. The van der Waals surface area contributed by atoms with Crippen LogP contribution in [0.2, 0.25) is 0 Å². The van der Waals surface area contributed by atoms with Gasteiger partial charge in [0.15, 0.2) is 0 Å². The Balaban J connectivity index is 1.99. The van der Waals surface area contributed by atoms with E-state index in [0.29, 0.717) is 19.5 Å². The van der Waals surface area contributed by atoms with Gasteiger partial charge in [-0.05, 0) is 35.8 Å². The van der Waals surface area contributed by atoms with Crippen molar-refractivity contribution in [2.45, 2.75) is 24.2 Å². The molecular formula is C13H18N2OS. The molecule has 0 saturated heterocycles. The van der Waals surface area contributed by atoms with Crippen molar-refractivity contribution in [2.75, 3.05) is 18.8 Å². The molecule has 2 rings (SSSR count). The van der Waals surface area contributed by atoms with Gasteiger partial charge in [-0.1, -0.05) is 12.1 Å². The van der Waals surface area contributed by atoms with Gasteiger partial charge in [0.25, 0.3) is 0 Å². The summed E-state index contributed by atoms with van der Waals surface area (Å²) in [6.45, 7) is 1.05. The molecule has 3 nitrogen and oxygen atoms in total. The highest BCUT2D eigenvalue weighted by Crippen LogP contribution is 2.30. The minimum Gasteiger partial charge on any atom is -0.355 e. The zero-order valence-corrected chi connectivity index (χ0v) is 10.7. The van der Waals surface area contributed by atoms with Gasteiger partial charge < -0.3 is 11.1 Å². The van der Waals surface area contributed by atoms with Crippen LogP contribution in [0.25, 0.3) is 0 Å². The van der Waals surface area contributed by atoms with Crippen LogP contribution in [0.15, 0.2) is 23.1 Å². The number of rotatable bonds is 4. The smallest absolute Gasteiger partial charge is 0.224 e. The number of fused-ring (bicyclic) bond motifs is 1. The van der Waals surface area contributed by atoms with E-state index in [-0.39, 0.29) is 5.91 Å². The van der Waals surface area contributed by atoms with Crippen LogP contribution in [-0.2, 0) is 17.6 Å². The molecule has 1 aliphatic heterocycles. The SMILES string of the molecule is NCCNC(=O)Cc1ccc2c(c1)CCCS2. The Morgan fingerprint density at radius 1 is 1.47 bits per heavy atom. The normalized spacial score (nSPS) is 14.2. The molecule has 1 amide bonds. The second kappa shape index (κ2) is 6.07. The number of carbonyl (C=O) groups excluding carboxylic acids is 1. The van der Waals surface area contributed by atoms with Gasteiger partial charge in [-0.15, -0.1) is 11.8 Å². The van der Waals surface area contributed by atoms with Crippen LogP contribution >= 0.6 is 11.8 Å². The van der Waals surface area contributed by atoms with Gasteiger partial charge in [0.2, 0.25) is 5.91 Å². The third kappa shape index (κ3) is 3.48. The van der Waals surface area contributed by atoms with Gasteiger partial charge in [-0.25, -0.2) is 0 Å². The number of benzene rings is 1. The minimum atomic E-state index is 0.0545. The Kier molecular flexibility index (Phi) is 4.45. The second-order valence-corrected chi connectivity index (χ2v) is 5.35. The molecule has 1 aromatic carbocycles. The lowest BCUT2D eigenvalue weighted by Gasteiger charge is -2.15. The van der Waals surface area contributed by atoms with E-state index in [9.17, 15) is 4.79 Å². The van der Waals surface area contributed by atoms with Crippen molar-refractivity contribution in [3.63, 3.8) is 0 Å². The van der Waals surface area contributed by atoms with Crippen molar-refractivity contribution >= 4 is 17.7 Å². The molecular weight excluding hydrogens is 232 g/mol. The Labute approximate surface area is 106 Å². The van der Waals surface area contributed by atoms with E-state index in [1.54, 1.807) is 0 Å². The van der Waals surface area contributed by atoms with Crippen LogP contribution in [0.4, 0.5) is 0 Å². The first-order chi connectivity index (χ1) is 8.29. The number of aryl methyl sites for hydroxylation is 1. The van der Waals surface area contributed by atoms with E-state index < -0.39 is 0 Å². The second-order valence-electron chi connectivity index (χ2n) is 4.21. The Bertz CT molecular complexity index is 406. The molecule has 1 aliphatic rings. The van der Waals surface area contributed by atoms with Gasteiger partial charge in [0.05, 0.1) is 6.42 Å². The molecule has 0 aliphatic carbocycles.